The molecule has 0 fully saturated rings. The molecule has 0 radical (unpaired) electrons. The van der Waals surface area contributed by atoms with E-state index in [1.807, 2.05) is 13.0 Å². The van der Waals surface area contributed by atoms with Crippen molar-refractivity contribution in [2.45, 2.75) is 6.92 Å². The van der Waals surface area contributed by atoms with Gasteiger partial charge in [-0.2, -0.15) is 0 Å². The van der Waals surface area contributed by atoms with Crippen LogP contribution in [0, 0.1) is 12.7 Å². The maximum atomic E-state index is 13.0. The molecule has 0 spiro atoms. The maximum Gasteiger partial charge on any atom is 0.126 e. The van der Waals surface area contributed by atoms with Crippen LogP contribution in [0.3, 0.4) is 0 Å². The standard InChI is InChI=1S/C10H9FN2/c1-6-2-3-13-10-8(6)4-7(11)5-9(10)12/h2-5H,12H2,1H3. The van der Waals surface area contributed by atoms with Crippen LogP contribution in [0.15, 0.2) is 24.4 Å². The molecule has 0 aliphatic carbocycles. The maximum absolute atomic E-state index is 13.0. The van der Waals surface area contributed by atoms with Gasteiger partial charge in [-0.05, 0) is 30.7 Å². The second-order valence-electron chi connectivity index (χ2n) is 3.02. The highest BCUT2D eigenvalue weighted by Crippen LogP contribution is 2.22. The Morgan fingerprint density at radius 3 is 2.92 bits per heavy atom. The Kier molecular flexibility index (Phi) is 1.65. The van der Waals surface area contributed by atoms with E-state index in [4.69, 9.17) is 5.73 Å². The number of hydrogen-bond acceptors (Lipinski definition) is 2. The molecule has 3 heteroatoms. The summed E-state index contributed by atoms with van der Waals surface area (Å²) in [6.07, 6.45) is 1.67. The van der Waals surface area contributed by atoms with Crippen LogP contribution in [-0.4, -0.2) is 4.98 Å². The SMILES string of the molecule is Cc1ccnc2c(N)cc(F)cc12. The van der Waals surface area contributed by atoms with Crippen molar-refractivity contribution < 1.29 is 4.39 Å². The van der Waals surface area contributed by atoms with Gasteiger partial charge < -0.3 is 5.73 Å². The summed E-state index contributed by atoms with van der Waals surface area (Å²) in [6, 6.07) is 4.57. The second kappa shape index (κ2) is 2.69. The lowest BCUT2D eigenvalue weighted by Crippen LogP contribution is -1.92. The molecule has 0 saturated carbocycles. The lowest BCUT2D eigenvalue weighted by Gasteiger charge is -2.03. The number of pyridine rings is 1. The lowest BCUT2D eigenvalue weighted by molar-refractivity contribution is 0.630. The molecule has 1 heterocycles. The van der Waals surface area contributed by atoms with E-state index in [-0.39, 0.29) is 5.82 Å². The highest BCUT2D eigenvalue weighted by molar-refractivity contribution is 5.91. The molecule has 0 bridgehead atoms. The summed E-state index contributed by atoms with van der Waals surface area (Å²) >= 11 is 0. The fourth-order valence-corrected chi connectivity index (χ4v) is 1.38. The molecular weight excluding hydrogens is 167 g/mol. The summed E-state index contributed by atoms with van der Waals surface area (Å²) in [5.41, 5.74) is 7.66. The fraction of sp³-hybridized carbons (Fsp3) is 0.100. The lowest BCUT2D eigenvalue weighted by atomic mass is 10.1. The zero-order chi connectivity index (χ0) is 9.42. The van der Waals surface area contributed by atoms with E-state index in [0.29, 0.717) is 11.2 Å². The summed E-state index contributed by atoms with van der Waals surface area (Å²) in [7, 11) is 0. The van der Waals surface area contributed by atoms with E-state index in [1.165, 1.54) is 12.1 Å². The van der Waals surface area contributed by atoms with Gasteiger partial charge >= 0.3 is 0 Å². The van der Waals surface area contributed by atoms with Gasteiger partial charge in [0.05, 0.1) is 11.2 Å². The molecule has 2 aromatic rings. The molecule has 0 amide bonds. The van der Waals surface area contributed by atoms with Crippen molar-refractivity contribution in [3.63, 3.8) is 0 Å². The van der Waals surface area contributed by atoms with Crippen molar-refractivity contribution in [1.29, 1.82) is 0 Å². The third kappa shape index (κ3) is 1.22. The van der Waals surface area contributed by atoms with Gasteiger partial charge in [0.15, 0.2) is 0 Å². The molecule has 2 nitrogen and oxygen atoms in total. The summed E-state index contributed by atoms with van der Waals surface area (Å²) in [4.78, 5) is 4.09. The van der Waals surface area contributed by atoms with E-state index < -0.39 is 0 Å². The second-order valence-corrected chi connectivity index (χ2v) is 3.02. The number of nitrogen functional groups attached to an aromatic ring is 1. The Hall–Kier alpha value is -1.64. The number of anilines is 1. The van der Waals surface area contributed by atoms with E-state index in [2.05, 4.69) is 4.98 Å². The average molecular weight is 176 g/mol. The Bertz CT molecular complexity index is 466. The smallest absolute Gasteiger partial charge is 0.126 e. The minimum absolute atomic E-state index is 0.318. The van der Waals surface area contributed by atoms with Gasteiger partial charge in [-0.1, -0.05) is 0 Å². The van der Waals surface area contributed by atoms with Gasteiger partial charge in [-0.25, -0.2) is 4.39 Å². The third-order valence-electron chi connectivity index (χ3n) is 2.06. The monoisotopic (exact) mass is 176 g/mol. The molecule has 2 N–H and O–H groups in total. The van der Waals surface area contributed by atoms with Gasteiger partial charge in [-0.3, -0.25) is 4.98 Å². The Balaban J connectivity index is 2.94. The molecule has 0 aliphatic heterocycles. The normalized spacial score (nSPS) is 10.6. The van der Waals surface area contributed by atoms with E-state index in [0.717, 1.165) is 10.9 Å². The molecule has 1 aromatic carbocycles. The number of aromatic nitrogens is 1. The molecule has 0 unspecified atom stereocenters. The van der Waals surface area contributed by atoms with E-state index >= 15 is 0 Å². The van der Waals surface area contributed by atoms with Crippen molar-refractivity contribution in [2.75, 3.05) is 5.73 Å². The van der Waals surface area contributed by atoms with Crippen LogP contribution in [0.4, 0.5) is 10.1 Å². The number of nitrogens with zero attached hydrogens (tertiary/aromatic N) is 1. The first-order valence-electron chi connectivity index (χ1n) is 3.99. The zero-order valence-corrected chi connectivity index (χ0v) is 7.21. The van der Waals surface area contributed by atoms with Gasteiger partial charge in [0.1, 0.15) is 5.82 Å². The van der Waals surface area contributed by atoms with Gasteiger partial charge in [-0.15, -0.1) is 0 Å². The first kappa shape index (κ1) is 7.98. The highest BCUT2D eigenvalue weighted by atomic mass is 19.1. The number of aryl methyl sites for hydroxylation is 1. The van der Waals surface area contributed by atoms with Crippen molar-refractivity contribution in [3.05, 3.63) is 35.8 Å². The number of benzene rings is 1. The van der Waals surface area contributed by atoms with E-state index in [1.54, 1.807) is 6.20 Å². The van der Waals surface area contributed by atoms with Crippen LogP contribution in [-0.2, 0) is 0 Å². The number of rotatable bonds is 0. The number of hydrogen-bond donors (Lipinski definition) is 1. The Labute approximate surface area is 75.2 Å². The van der Waals surface area contributed by atoms with Crippen molar-refractivity contribution in [1.82, 2.24) is 4.98 Å². The minimum atomic E-state index is -0.318. The summed E-state index contributed by atoms with van der Waals surface area (Å²) < 4.78 is 13.0. The number of nitrogens with two attached hydrogens (primary N) is 1. The largest absolute Gasteiger partial charge is 0.397 e. The molecule has 13 heavy (non-hydrogen) atoms. The third-order valence-corrected chi connectivity index (χ3v) is 2.06. The first-order valence-corrected chi connectivity index (χ1v) is 3.99. The average Bonchev–Trinajstić information content (AvgIpc) is 2.07. The van der Waals surface area contributed by atoms with Gasteiger partial charge in [0.2, 0.25) is 0 Å². The predicted octanol–water partition coefficient (Wildman–Crippen LogP) is 2.26. The number of fused-ring (bicyclic) bond motifs is 1. The van der Waals surface area contributed by atoms with Crippen LogP contribution in [0.1, 0.15) is 5.56 Å². The van der Waals surface area contributed by atoms with E-state index in [9.17, 15) is 4.39 Å². The molecular formula is C10H9FN2. The van der Waals surface area contributed by atoms with Crippen molar-refractivity contribution >= 4 is 16.6 Å². The Morgan fingerprint density at radius 1 is 1.38 bits per heavy atom. The molecule has 66 valence electrons. The summed E-state index contributed by atoms with van der Waals surface area (Å²) in [6.45, 7) is 1.91. The van der Waals surface area contributed by atoms with Crippen LogP contribution < -0.4 is 5.73 Å². The molecule has 0 aliphatic rings. The summed E-state index contributed by atoms with van der Waals surface area (Å²) in [5.74, 6) is -0.318. The highest BCUT2D eigenvalue weighted by Gasteiger charge is 2.03. The molecule has 2 rings (SSSR count). The van der Waals surface area contributed by atoms with Crippen LogP contribution >= 0.6 is 0 Å². The Morgan fingerprint density at radius 2 is 2.15 bits per heavy atom. The summed E-state index contributed by atoms with van der Waals surface area (Å²) in [5, 5.41) is 0.778. The molecule has 1 aromatic heterocycles. The van der Waals surface area contributed by atoms with Gasteiger partial charge in [0.25, 0.3) is 0 Å². The minimum Gasteiger partial charge on any atom is -0.397 e. The molecule has 0 atom stereocenters. The van der Waals surface area contributed by atoms with Crippen LogP contribution in [0.5, 0.6) is 0 Å². The zero-order valence-electron chi connectivity index (χ0n) is 7.21. The number of halogens is 1. The van der Waals surface area contributed by atoms with Crippen molar-refractivity contribution in [2.24, 2.45) is 0 Å². The predicted molar refractivity (Wildman–Crippen MR) is 50.9 cm³/mol. The first-order chi connectivity index (χ1) is 6.18. The van der Waals surface area contributed by atoms with Crippen molar-refractivity contribution in [3.8, 4) is 0 Å². The fourth-order valence-electron chi connectivity index (χ4n) is 1.38. The van der Waals surface area contributed by atoms with Crippen LogP contribution in [0.25, 0.3) is 10.9 Å². The molecule has 0 saturated heterocycles. The van der Waals surface area contributed by atoms with Gasteiger partial charge in [0, 0.05) is 11.6 Å². The topological polar surface area (TPSA) is 38.9 Å². The van der Waals surface area contributed by atoms with Crippen LogP contribution in [0.2, 0.25) is 0 Å². The quantitative estimate of drug-likeness (QED) is 0.625.